The Kier molecular flexibility index (Phi) is 6.20. The number of aromatic nitrogens is 1. The number of amides is 2. The summed E-state index contributed by atoms with van der Waals surface area (Å²) in [6.07, 6.45) is 1.44. The van der Waals surface area contributed by atoms with Crippen LogP contribution >= 0.6 is 0 Å². The number of nitrogens with one attached hydrogen (secondary N) is 2. The highest BCUT2D eigenvalue weighted by Gasteiger charge is 2.16. The van der Waals surface area contributed by atoms with Crippen molar-refractivity contribution in [3.8, 4) is 11.8 Å². The first-order valence-corrected chi connectivity index (χ1v) is 6.22. The average molecular weight is 275 g/mol. The van der Waals surface area contributed by atoms with Crippen molar-refractivity contribution in [2.75, 3.05) is 13.2 Å². The van der Waals surface area contributed by atoms with Crippen molar-refractivity contribution in [3.05, 3.63) is 29.6 Å². The summed E-state index contributed by atoms with van der Waals surface area (Å²) in [5.41, 5.74) is 0.808. The van der Waals surface area contributed by atoms with Gasteiger partial charge in [-0.3, -0.25) is 9.59 Å². The maximum Gasteiger partial charge on any atom is 0.270 e. The number of carbonyl (C=O) groups excluding carboxylic acids is 2. The lowest BCUT2D eigenvalue weighted by atomic mass is 10.2. The van der Waals surface area contributed by atoms with Crippen molar-refractivity contribution < 1.29 is 14.7 Å². The Balaban J connectivity index is 2.66. The monoisotopic (exact) mass is 275 g/mol. The molecule has 0 bridgehead atoms. The number of rotatable bonds is 4. The molecule has 1 unspecified atom stereocenters. The highest BCUT2D eigenvalue weighted by Crippen LogP contribution is 1.99. The molecule has 1 heterocycles. The lowest BCUT2D eigenvalue weighted by molar-refractivity contribution is -0.122. The van der Waals surface area contributed by atoms with Gasteiger partial charge in [0, 0.05) is 18.3 Å². The summed E-state index contributed by atoms with van der Waals surface area (Å²) in [7, 11) is 0. The molecule has 0 aliphatic carbocycles. The Morgan fingerprint density at radius 3 is 2.75 bits per heavy atom. The minimum Gasteiger partial charge on any atom is -0.384 e. The summed E-state index contributed by atoms with van der Waals surface area (Å²) in [6.45, 7) is 3.69. The average Bonchev–Trinajstić information content (AvgIpc) is 2.45. The summed E-state index contributed by atoms with van der Waals surface area (Å²) in [5.74, 6) is 4.49. The van der Waals surface area contributed by atoms with Crippen molar-refractivity contribution in [1.82, 2.24) is 15.6 Å². The molecule has 1 aromatic rings. The molecule has 3 N–H and O–H groups in total. The molecule has 6 heteroatoms. The lowest BCUT2D eigenvalue weighted by Gasteiger charge is -2.12. The standard InChI is InChI=1S/C14H17N3O3/c1-3-15-13(19)10(2)17-14(20)12-7-6-11(9-16-12)5-4-8-18/h6-7,9-10,18H,3,8H2,1-2H3,(H,15,19)(H,17,20). The van der Waals surface area contributed by atoms with E-state index in [1.165, 1.54) is 12.3 Å². The number of likely N-dealkylation sites (N-methyl/N-ethyl adjacent to an activating group) is 1. The maximum absolute atomic E-state index is 11.9. The zero-order chi connectivity index (χ0) is 15.0. The normalized spacial score (nSPS) is 10.9. The molecule has 0 spiro atoms. The van der Waals surface area contributed by atoms with E-state index in [1.807, 2.05) is 0 Å². The molecule has 1 aromatic heterocycles. The van der Waals surface area contributed by atoms with Crippen LogP contribution in [0.3, 0.4) is 0 Å². The van der Waals surface area contributed by atoms with Crippen molar-refractivity contribution in [2.24, 2.45) is 0 Å². The fourth-order valence-corrected chi connectivity index (χ4v) is 1.41. The second kappa shape index (κ2) is 7.92. The van der Waals surface area contributed by atoms with Gasteiger partial charge in [0.2, 0.25) is 5.91 Å². The number of hydrogen-bond donors (Lipinski definition) is 3. The lowest BCUT2D eigenvalue weighted by Crippen LogP contribution is -2.44. The van der Waals surface area contributed by atoms with E-state index in [-0.39, 0.29) is 18.2 Å². The Hall–Kier alpha value is -2.39. The molecule has 0 aromatic carbocycles. The van der Waals surface area contributed by atoms with Gasteiger partial charge in [-0.25, -0.2) is 4.98 Å². The van der Waals surface area contributed by atoms with Crippen molar-refractivity contribution in [2.45, 2.75) is 19.9 Å². The zero-order valence-corrected chi connectivity index (χ0v) is 11.4. The molecule has 0 radical (unpaired) electrons. The molecular formula is C14H17N3O3. The molecule has 1 atom stereocenters. The number of carbonyl (C=O) groups is 2. The van der Waals surface area contributed by atoms with Gasteiger partial charge >= 0.3 is 0 Å². The van der Waals surface area contributed by atoms with E-state index in [2.05, 4.69) is 27.5 Å². The number of nitrogens with zero attached hydrogens (tertiary/aromatic N) is 1. The van der Waals surface area contributed by atoms with E-state index in [0.29, 0.717) is 12.1 Å². The highest BCUT2D eigenvalue weighted by atomic mass is 16.2. The van der Waals surface area contributed by atoms with Crippen LogP contribution in [0.4, 0.5) is 0 Å². The first kappa shape index (κ1) is 15.7. The van der Waals surface area contributed by atoms with Gasteiger partial charge in [-0.05, 0) is 26.0 Å². The van der Waals surface area contributed by atoms with Gasteiger partial charge in [0.1, 0.15) is 18.3 Å². The van der Waals surface area contributed by atoms with E-state index >= 15 is 0 Å². The number of hydrogen-bond acceptors (Lipinski definition) is 4. The van der Waals surface area contributed by atoms with Crippen LogP contribution in [0.2, 0.25) is 0 Å². The molecule has 0 saturated carbocycles. The first-order valence-electron chi connectivity index (χ1n) is 6.22. The second-order valence-electron chi connectivity index (χ2n) is 3.98. The Bertz CT molecular complexity index is 529. The van der Waals surface area contributed by atoms with Crippen LogP contribution in [0, 0.1) is 11.8 Å². The third-order valence-electron chi connectivity index (χ3n) is 2.40. The van der Waals surface area contributed by atoms with Crippen molar-refractivity contribution in [1.29, 1.82) is 0 Å². The molecule has 1 rings (SSSR count). The quantitative estimate of drug-likeness (QED) is 0.657. The fourth-order valence-electron chi connectivity index (χ4n) is 1.41. The van der Waals surface area contributed by atoms with Crippen LogP contribution in [0.5, 0.6) is 0 Å². The van der Waals surface area contributed by atoms with Gasteiger partial charge in [0.05, 0.1) is 0 Å². The Morgan fingerprint density at radius 1 is 1.45 bits per heavy atom. The van der Waals surface area contributed by atoms with Crippen LogP contribution < -0.4 is 10.6 Å². The Morgan fingerprint density at radius 2 is 2.20 bits per heavy atom. The molecule has 20 heavy (non-hydrogen) atoms. The highest BCUT2D eigenvalue weighted by molar-refractivity contribution is 5.95. The van der Waals surface area contributed by atoms with Gasteiger partial charge < -0.3 is 15.7 Å². The minimum absolute atomic E-state index is 0.204. The van der Waals surface area contributed by atoms with E-state index in [9.17, 15) is 9.59 Å². The van der Waals surface area contributed by atoms with E-state index < -0.39 is 11.9 Å². The smallest absolute Gasteiger partial charge is 0.270 e. The van der Waals surface area contributed by atoms with Crippen molar-refractivity contribution >= 4 is 11.8 Å². The number of aliphatic hydroxyl groups is 1. The fraction of sp³-hybridized carbons (Fsp3) is 0.357. The third kappa shape index (κ3) is 4.71. The van der Waals surface area contributed by atoms with E-state index in [1.54, 1.807) is 19.9 Å². The molecule has 2 amide bonds. The van der Waals surface area contributed by atoms with Gasteiger partial charge in [-0.1, -0.05) is 11.8 Å². The minimum atomic E-state index is -0.627. The van der Waals surface area contributed by atoms with Crippen LogP contribution in [-0.2, 0) is 4.79 Å². The third-order valence-corrected chi connectivity index (χ3v) is 2.40. The molecule has 0 aliphatic heterocycles. The molecule has 6 nitrogen and oxygen atoms in total. The van der Waals surface area contributed by atoms with Gasteiger partial charge in [-0.2, -0.15) is 0 Å². The zero-order valence-electron chi connectivity index (χ0n) is 11.4. The van der Waals surface area contributed by atoms with Gasteiger partial charge in [0.15, 0.2) is 0 Å². The maximum atomic E-state index is 11.9. The van der Waals surface area contributed by atoms with Crippen LogP contribution in [0.15, 0.2) is 18.3 Å². The summed E-state index contributed by atoms with van der Waals surface area (Å²) < 4.78 is 0. The molecule has 0 aliphatic rings. The molecular weight excluding hydrogens is 258 g/mol. The van der Waals surface area contributed by atoms with Crippen LogP contribution in [0.25, 0.3) is 0 Å². The first-order chi connectivity index (χ1) is 9.58. The Labute approximate surface area is 117 Å². The number of aliphatic hydroxyl groups excluding tert-OH is 1. The summed E-state index contributed by atoms with van der Waals surface area (Å²) in [6, 6.07) is 2.51. The van der Waals surface area contributed by atoms with Gasteiger partial charge in [-0.15, -0.1) is 0 Å². The SMILES string of the molecule is CCNC(=O)C(C)NC(=O)c1ccc(C#CCO)cn1. The summed E-state index contributed by atoms with van der Waals surface area (Å²) >= 11 is 0. The predicted molar refractivity (Wildman–Crippen MR) is 73.8 cm³/mol. The van der Waals surface area contributed by atoms with Crippen LogP contribution in [-0.4, -0.2) is 41.1 Å². The van der Waals surface area contributed by atoms with Crippen LogP contribution in [0.1, 0.15) is 29.9 Å². The van der Waals surface area contributed by atoms with E-state index in [0.717, 1.165) is 0 Å². The van der Waals surface area contributed by atoms with E-state index in [4.69, 9.17) is 5.11 Å². The largest absolute Gasteiger partial charge is 0.384 e. The number of pyridine rings is 1. The molecule has 106 valence electrons. The predicted octanol–water partition coefficient (Wildman–Crippen LogP) is -0.320. The summed E-state index contributed by atoms with van der Waals surface area (Å²) in [4.78, 5) is 27.3. The topological polar surface area (TPSA) is 91.3 Å². The van der Waals surface area contributed by atoms with Crippen molar-refractivity contribution in [3.63, 3.8) is 0 Å². The summed E-state index contributed by atoms with van der Waals surface area (Å²) in [5, 5.41) is 13.7. The second-order valence-corrected chi connectivity index (χ2v) is 3.98. The molecule has 0 saturated heterocycles. The molecule has 0 fully saturated rings. The van der Waals surface area contributed by atoms with Gasteiger partial charge in [0.25, 0.3) is 5.91 Å².